The molecule has 1 aromatic rings. The molecule has 0 bridgehead atoms. The highest BCUT2D eigenvalue weighted by molar-refractivity contribution is 7.74. The molecule has 0 saturated heterocycles. The molecule has 2 nitrogen and oxygen atoms in total. The van der Waals surface area contributed by atoms with Gasteiger partial charge in [0.25, 0.3) is 0 Å². The summed E-state index contributed by atoms with van der Waals surface area (Å²) in [4.78, 5) is -0.200. The topological polar surface area (TPSA) is 34.1 Å². The van der Waals surface area contributed by atoms with Crippen LogP contribution in [0.15, 0.2) is 48.6 Å². The van der Waals surface area contributed by atoms with E-state index in [0.717, 1.165) is 0 Å². The lowest BCUT2D eigenvalue weighted by Crippen LogP contribution is -2.18. The minimum Gasteiger partial charge on any atom is -0.237 e. The zero-order valence-corrected chi connectivity index (χ0v) is 9.12. The summed E-state index contributed by atoms with van der Waals surface area (Å²) in [6.45, 7) is 0. The molecule has 2 rings (SSSR count). The van der Waals surface area contributed by atoms with Crippen molar-refractivity contribution in [3.05, 3.63) is 54.1 Å². The quantitative estimate of drug-likeness (QED) is 0.699. The van der Waals surface area contributed by atoms with Gasteiger partial charge >= 0.3 is 0 Å². The van der Waals surface area contributed by atoms with Crippen LogP contribution in [0, 0.1) is 0 Å². The van der Waals surface area contributed by atoms with E-state index in [1.54, 1.807) is 30.3 Å². The lowest BCUT2D eigenvalue weighted by atomic mass is 9.96. The van der Waals surface area contributed by atoms with E-state index in [4.69, 9.17) is 0 Å². The second kappa shape index (κ2) is 4.45. The van der Waals surface area contributed by atoms with Crippen LogP contribution in [-0.4, -0.2) is 19.5 Å². The Morgan fingerprint density at radius 3 is 2.44 bits per heavy atom. The standard InChI is InChI=1S/C12H9FO2S/c13-11-8-4-7-10(12(11)16(14)15)9-5-2-1-3-6-9/h1-8,11H. The molecule has 0 radical (unpaired) electrons. The van der Waals surface area contributed by atoms with Crippen LogP contribution in [0.2, 0.25) is 0 Å². The molecule has 0 aromatic heterocycles. The normalized spacial score (nSPS) is 19.4. The average molecular weight is 236 g/mol. The summed E-state index contributed by atoms with van der Waals surface area (Å²) in [7, 11) is -2.54. The number of alkyl halides is 1. The fourth-order valence-corrected chi connectivity index (χ4v) is 2.23. The average Bonchev–Trinajstić information content (AvgIpc) is 2.29. The van der Waals surface area contributed by atoms with E-state index in [-0.39, 0.29) is 4.86 Å². The van der Waals surface area contributed by atoms with Crippen molar-refractivity contribution < 1.29 is 12.8 Å². The highest BCUT2D eigenvalue weighted by Crippen LogP contribution is 2.22. The van der Waals surface area contributed by atoms with Gasteiger partial charge in [0.1, 0.15) is 4.86 Å². The number of benzene rings is 1. The smallest absolute Gasteiger partial charge is 0.221 e. The highest BCUT2D eigenvalue weighted by atomic mass is 32.2. The summed E-state index contributed by atoms with van der Waals surface area (Å²) in [6, 6.07) is 8.90. The zero-order chi connectivity index (χ0) is 11.5. The molecule has 0 saturated carbocycles. The van der Waals surface area contributed by atoms with Gasteiger partial charge in [-0.1, -0.05) is 42.5 Å². The van der Waals surface area contributed by atoms with Crippen LogP contribution in [0.5, 0.6) is 0 Å². The first-order valence-electron chi connectivity index (χ1n) is 4.74. The van der Waals surface area contributed by atoms with Crippen LogP contribution in [-0.2, 0) is 10.3 Å². The van der Waals surface area contributed by atoms with Crippen LogP contribution in [0.25, 0.3) is 5.57 Å². The van der Waals surface area contributed by atoms with E-state index >= 15 is 0 Å². The third-order valence-corrected chi connectivity index (χ3v) is 3.13. The van der Waals surface area contributed by atoms with Crippen molar-refractivity contribution in [1.82, 2.24) is 0 Å². The number of halogens is 1. The summed E-state index contributed by atoms with van der Waals surface area (Å²) >= 11 is 0. The Morgan fingerprint density at radius 1 is 1.12 bits per heavy atom. The second-order valence-corrected chi connectivity index (χ2v) is 4.24. The lowest BCUT2D eigenvalue weighted by molar-refractivity contribution is 0.496. The fraction of sp³-hybridized carbons (Fsp3) is 0.0833. The van der Waals surface area contributed by atoms with Gasteiger partial charge < -0.3 is 0 Å². The third-order valence-electron chi connectivity index (χ3n) is 2.32. The Kier molecular flexibility index (Phi) is 3.01. The van der Waals surface area contributed by atoms with Gasteiger partial charge in [0.15, 0.2) is 6.17 Å². The third kappa shape index (κ3) is 1.97. The fourth-order valence-electron chi connectivity index (χ4n) is 1.61. The molecule has 0 spiro atoms. The van der Waals surface area contributed by atoms with E-state index in [9.17, 15) is 12.8 Å². The number of hydrogen-bond acceptors (Lipinski definition) is 2. The van der Waals surface area contributed by atoms with Crippen molar-refractivity contribution in [2.24, 2.45) is 0 Å². The molecule has 1 aromatic carbocycles. The van der Waals surface area contributed by atoms with E-state index < -0.39 is 16.5 Å². The van der Waals surface area contributed by atoms with Crippen LogP contribution in [0.1, 0.15) is 5.56 Å². The maximum Gasteiger partial charge on any atom is 0.221 e. The molecule has 0 heterocycles. The van der Waals surface area contributed by atoms with Crippen LogP contribution >= 0.6 is 0 Å². The zero-order valence-electron chi connectivity index (χ0n) is 8.30. The van der Waals surface area contributed by atoms with Crippen molar-refractivity contribution in [1.29, 1.82) is 0 Å². The number of allylic oxidation sites excluding steroid dienone is 4. The molecule has 82 valence electrons. The largest absolute Gasteiger partial charge is 0.237 e. The van der Waals surface area contributed by atoms with Gasteiger partial charge in [0.2, 0.25) is 10.3 Å². The highest BCUT2D eigenvalue weighted by Gasteiger charge is 2.21. The Morgan fingerprint density at radius 2 is 1.81 bits per heavy atom. The van der Waals surface area contributed by atoms with Crippen molar-refractivity contribution >= 4 is 20.7 Å². The van der Waals surface area contributed by atoms with Gasteiger partial charge in [-0.3, -0.25) is 0 Å². The second-order valence-electron chi connectivity index (χ2n) is 3.33. The first-order chi connectivity index (χ1) is 7.70. The van der Waals surface area contributed by atoms with Crippen LogP contribution in [0.3, 0.4) is 0 Å². The minimum absolute atomic E-state index is 0.200. The lowest BCUT2D eigenvalue weighted by Gasteiger charge is -2.13. The molecule has 1 aliphatic rings. The first kappa shape index (κ1) is 10.8. The molecule has 16 heavy (non-hydrogen) atoms. The molecule has 0 amide bonds. The molecule has 0 N–H and O–H groups in total. The maximum absolute atomic E-state index is 13.5. The monoisotopic (exact) mass is 236 g/mol. The predicted molar refractivity (Wildman–Crippen MR) is 62.4 cm³/mol. The van der Waals surface area contributed by atoms with Crippen molar-refractivity contribution in [2.75, 3.05) is 0 Å². The SMILES string of the molecule is O=S(=O)=C1C(c2ccccc2)=CC=CC1F. The van der Waals surface area contributed by atoms with E-state index in [1.807, 2.05) is 6.07 Å². The van der Waals surface area contributed by atoms with Gasteiger partial charge in [-0.15, -0.1) is 0 Å². The Balaban J connectivity index is 2.61. The molecule has 0 fully saturated rings. The summed E-state index contributed by atoms with van der Waals surface area (Å²) < 4.78 is 35.5. The van der Waals surface area contributed by atoms with E-state index in [0.29, 0.717) is 11.1 Å². The molecule has 1 atom stereocenters. The summed E-state index contributed by atoms with van der Waals surface area (Å²) in [6.07, 6.45) is 2.80. The molecule has 0 aliphatic heterocycles. The molecular formula is C12H9FO2S. The molecular weight excluding hydrogens is 227 g/mol. The molecule has 1 aliphatic carbocycles. The number of rotatable bonds is 1. The molecule has 1 unspecified atom stereocenters. The maximum atomic E-state index is 13.5. The Hall–Kier alpha value is -1.68. The number of hydrogen-bond donors (Lipinski definition) is 0. The van der Waals surface area contributed by atoms with E-state index in [2.05, 4.69) is 0 Å². The van der Waals surface area contributed by atoms with Gasteiger partial charge in [-0.25, -0.2) is 4.39 Å². The van der Waals surface area contributed by atoms with Gasteiger partial charge in [-0.05, 0) is 11.6 Å². The van der Waals surface area contributed by atoms with Crippen LogP contribution < -0.4 is 0 Å². The van der Waals surface area contributed by atoms with Crippen molar-refractivity contribution in [3.8, 4) is 0 Å². The summed E-state index contributed by atoms with van der Waals surface area (Å²) in [5.74, 6) is 0. The van der Waals surface area contributed by atoms with Gasteiger partial charge in [0, 0.05) is 5.57 Å². The predicted octanol–water partition coefficient (Wildman–Crippen LogP) is 2.03. The van der Waals surface area contributed by atoms with Crippen molar-refractivity contribution in [3.63, 3.8) is 0 Å². The Labute approximate surface area is 94.3 Å². The molecule has 4 heteroatoms. The van der Waals surface area contributed by atoms with Crippen LogP contribution in [0.4, 0.5) is 4.39 Å². The first-order valence-corrected chi connectivity index (χ1v) is 5.82. The van der Waals surface area contributed by atoms with Gasteiger partial charge in [-0.2, -0.15) is 8.42 Å². The van der Waals surface area contributed by atoms with Crippen molar-refractivity contribution in [2.45, 2.75) is 6.17 Å². The minimum atomic E-state index is -2.54. The van der Waals surface area contributed by atoms with E-state index in [1.165, 1.54) is 12.2 Å². The summed E-state index contributed by atoms with van der Waals surface area (Å²) in [5.41, 5.74) is 1.12. The van der Waals surface area contributed by atoms with Gasteiger partial charge in [0.05, 0.1) is 0 Å². The summed E-state index contributed by atoms with van der Waals surface area (Å²) in [5, 5.41) is 0. The Bertz CT molecular complexity index is 575.